The van der Waals surface area contributed by atoms with Gasteiger partial charge in [0.25, 0.3) is 0 Å². The van der Waals surface area contributed by atoms with Crippen molar-refractivity contribution in [1.82, 2.24) is 14.9 Å². The van der Waals surface area contributed by atoms with Crippen molar-refractivity contribution in [1.29, 1.82) is 0 Å². The number of benzene rings is 1. The molecule has 4 nitrogen and oxygen atoms in total. The highest BCUT2D eigenvalue weighted by Gasteiger charge is 2.10. The molecule has 1 aromatic carbocycles. The molecule has 1 aromatic heterocycles. The largest absolute Gasteiger partial charge is 0.356 e. The summed E-state index contributed by atoms with van der Waals surface area (Å²) in [5.41, 5.74) is 2.40. The number of fused-ring (bicyclic) bond motifs is 1. The molecule has 0 radical (unpaired) electrons. The number of hydrogen-bond donors (Lipinski definition) is 1. The average Bonchev–Trinajstić information content (AvgIpc) is 3.07. The van der Waals surface area contributed by atoms with E-state index in [1.165, 1.54) is 56.3 Å². The molecule has 0 saturated carbocycles. The molecule has 2 rings (SSSR count). The number of unbranched alkanes of at least 4 members (excludes halogenated alkanes) is 8. The van der Waals surface area contributed by atoms with E-state index >= 15 is 0 Å². The number of para-hydroxylation sites is 2. The fourth-order valence-corrected chi connectivity index (χ4v) is 3.92. The van der Waals surface area contributed by atoms with Gasteiger partial charge >= 0.3 is 0 Å². The highest BCUT2D eigenvalue weighted by atomic mass is 16.1. The predicted molar refractivity (Wildman–Crippen MR) is 123 cm³/mol. The van der Waals surface area contributed by atoms with Crippen LogP contribution in [0.4, 0.5) is 0 Å². The van der Waals surface area contributed by atoms with E-state index in [9.17, 15) is 4.79 Å². The minimum atomic E-state index is 0.184. The Morgan fingerprint density at radius 1 is 0.897 bits per heavy atom. The Labute approximate surface area is 177 Å². The van der Waals surface area contributed by atoms with Gasteiger partial charge in [-0.05, 0) is 37.8 Å². The molecule has 0 aliphatic heterocycles. The van der Waals surface area contributed by atoms with Gasteiger partial charge < -0.3 is 9.88 Å². The lowest BCUT2D eigenvalue weighted by Gasteiger charge is -2.10. The van der Waals surface area contributed by atoms with Gasteiger partial charge in [0.05, 0.1) is 11.0 Å². The first-order valence-corrected chi connectivity index (χ1v) is 12.0. The van der Waals surface area contributed by atoms with Crippen molar-refractivity contribution in [3.63, 3.8) is 0 Å². The number of aromatic nitrogens is 2. The summed E-state index contributed by atoms with van der Waals surface area (Å²) >= 11 is 0. The number of carbonyl (C=O) groups excluding carboxylic acids is 1. The van der Waals surface area contributed by atoms with Gasteiger partial charge in [0, 0.05) is 25.9 Å². The molecule has 2 aromatic rings. The molecule has 1 amide bonds. The molecule has 0 atom stereocenters. The van der Waals surface area contributed by atoms with Crippen LogP contribution in [0, 0.1) is 0 Å². The maximum absolute atomic E-state index is 11.5. The molecule has 0 unspecified atom stereocenters. The number of rotatable bonds is 16. The minimum Gasteiger partial charge on any atom is -0.356 e. The second-order valence-corrected chi connectivity index (χ2v) is 8.20. The van der Waals surface area contributed by atoms with Gasteiger partial charge in [-0.3, -0.25) is 4.79 Å². The van der Waals surface area contributed by atoms with E-state index in [0.717, 1.165) is 50.7 Å². The van der Waals surface area contributed by atoms with Crippen LogP contribution in [0.25, 0.3) is 11.0 Å². The highest BCUT2D eigenvalue weighted by Crippen LogP contribution is 2.19. The van der Waals surface area contributed by atoms with Crippen molar-refractivity contribution in [2.45, 2.75) is 104 Å². The van der Waals surface area contributed by atoms with E-state index in [2.05, 4.69) is 41.1 Å². The summed E-state index contributed by atoms with van der Waals surface area (Å²) in [5, 5.41) is 3.01. The van der Waals surface area contributed by atoms with Crippen LogP contribution in [0.2, 0.25) is 0 Å². The Balaban J connectivity index is 1.77. The number of nitrogens with one attached hydrogen (secondary N) is 1. The Morgan fingerprint density at radius 3 is 2.41 bits per heavy atom. The molecule has 0 spiro atoms. The summed E-state index contributed by atoms with van der Waals surface area (Å²) in [7, 11) is 0. The quantitative estimate of drug-likeness (QED) is 0.331. The Kier molecular flexibility index (Phi) is 11.5. The molecule has 1 heterocycles. The van der Waals surface area contributed by atoms with E-state index in [1.807, 2.05) is 6.92 Å². The maximum Gasteiger partial charge on any atom is 0.219 e. The molecular weight excluding hydrogens is 358 g/mol. The Bertz CT molecular complexity index is 707. The van der Waals surface area contributed by atoms with Crippen LogP contribution in [-0.2, 0) is 17.8 Å². The average molecular weight is 400 g/mol. The molecule has 4 heteroatoms. The Hall–Kier alpha value is -1.84. The normalized spacial score (nSPS) is 11.2. The summed E-state index contributed by atoms with van der Waals surface area (Å²) in [6, 6.07) is 8.53. The summed E-state index contributed by atoms with van der Waals surface area (Å²) in [4.78, 5) is 16.4. The summed E-state index contributed by atoms with van der Waals surface area (Å²) in [6.07, 6.45) is 15.2. The third kappa shape index (κ3) is 8.59. The summed E-state index contributed by atoms with van der Waals surface area (Å²) in [6.45, 7) is 6.19. The summed E-state index contributed by atoms with van der Waals surface area (Å²) in [5.74, 6) is 1.41. The SMILES string of the molecule is CCCCCCCCCn1c(CCCCCNC(=O)CCC)nc2ccccc21. The van der Waals surface area contributed by atoms with E-state index in [-0.39, 0.29) is 5.91 Å². The third-order valence-corrected chi connectivity index (χ3v) is 5.60. The lowest BCUT2D eigenvalue weighted by molar-refractivity contribution is -0.121. The first-order chi connectivity index (χ1) is 14.3. The molecule has 0 aliphatic carbocycles. The number of nitrogens with zero attached hydrogens (tertiary/aromatic N) is 2. The van der Waals surface area contributed by atoms with Crippen LogP contribution in [0.5, 0.6) is 0 Å². The van der Waals surface area contributed by atoms with Crippen LogP contribution >= 0.6 is 0 Å². The highest BCUT2D eigenvalue weighted by molar-refractivity contribution is 5.76. The monoisotopic (exact) mass is 399 g/mol. The zero-order valence-corrected chi connectivity index (χ0v) is 18.7. The van der Waals surface area contributed by atoms with Crippen molar-refractivity contribution >= 4 is 16.9 Å². The molecule has 0 bridgehead atoms. The van der Waals surface area contributed by atoms with E-state index in [4.69, 9.17) is 4.98 Å². The first kappa shape index (κ1) is 23.4. The molecule has 1 N–H and O–H groups in total. The van der Waals surface area contributed by atoms with Crippen LogP contribution in [0.1, 0.15) is 96.7 Å². The van der Waals surface area contributed by atoms with Gasteiger partial charge in [-0.1, -0.05) is 70.9 Å². The Morgan fingerprint density at radius 2 is 1.62 bits per heavy atom. The second kappa shape index (κ2) is 14.2. The van der Waals surface area contributed by atoms with Gasteiger partial charge in [-0.15, -0.1) is 0 Å². The molecule has 0 aliphatic rings. The minimum absolute atomic E-state index is 0.184. The van der Waals surface area contributed by atoms with Gasteiger partial charge in [-0.25, -0.2) is 4.98 Å². The smallest absolute Gasteiger partial charge is 0.219 e. The standard InChI is InChI=1S/C25H41N3O/c1-3-5-6-7-8-9-15-21-28-23-18-13-12-17-22(23)27-24(28)19-11-10-14-20-26-25(29)16-4-2/h12-13,17-18H,3-11,14-16,19-21H2,1-2H3,(H,26,29). The number of aryl methyl sites for hydroxylation is 2. The van der Waals surface area contributed by atoms with Crippen LogP contribution in [0.3, 0.4) is 0 Å². The first-order valence-electron chi connectivity index (χ1n) is 12.0. The number of hydrogen-bond acceptors (Lipinski definition) is 2. The van der Waals surface area contributed by atoms with Crippen LogP contribution < -0.4 is 5.32 Å². The third-order valence-electron chi connectivity index (χ3n) is 5.60. The zero-order chi connectivity index (χ0) is 20.7. The zero-order valence-electron chi connectivity index (χ0n) is 18.7. The molecule has 0 fully saturated rings. The van der Waals surface area contributed by atoms with Crippen LogP contribution in [-0.4, -0.2) is 22.0 Å². The topological polar surface area (TPSA) is 46.9 Å². The van der Waals surface area contributed by atoms with Crippen LogP contribution in [0.15, 0.2) is 24.3 Å². The molecule has 162 valence electrons. The van der Waals surface area contributed by atoms with Crippen molar-refractivity contribution in [3.05, 3.63) is 30.1 Å². The van der Waals surface area contributed by atoms with E-state index in [1.54, 1.807) is 0 Å². The number of imidazole rings is 1. The van der Waals surface area contributed by atoms with Crippen molar-refractivity contribution in [3.8, 4) is 0 Å². The fraction of sp³-hybridized carbons (Fsp3) is 0.680. The van der Waals surface area contributed by atoms with E-state index in [0.29, 0.717) is 6.42 Å². The number of amides is 1. The van der Waals surface area contributed by atoms with Crippen molar-refractivity contribution in [2.24, 2.45) is 0 Å². The van der Waals surface area contributed by atoms with Gasteiger partial charge in [0.2, 0.25) is 5.91 Å². The van der Waals surface area contributed by atoms with Gasteiger partial charge in [0.1, 0.15) is 5.82 Å². The predicted octanol–water partition coefficient (Wildman–Crippen LogP) is 6.42. The van der Waals surface area contributed by atoms with Gasteiger partial charge in [-0.2, -0.15) is 0 Å². The van der Waals surface area contributed by atoms with Crippen molar-refractivity contribution < 1.29 is 4.79 Å². The maximum atomic E-state index is 11.5. The molecule has 0 saturated heterocycles. The lowest BCUT2D eigenvalue weighted by atomic mass is 10.1. The number of carbonyl (C=O) groups is 1. The van der Waals surface area contributed by atoms with Gasteiger partial charge in [0.15, 0.2) is 0 Å². The van der Waals surface area contributed by atoms with Crippen molar-refractivity contribution in [2.75, 3.05) is 6.54 Å². The fourth-order valence-electron chi connectivity index (χ4n) is 3.92. The lowest BCUT2D eigenvalue weighted by Crippen LogP contribution is -2.23. The molecule has 29 heavy (non-hydrogen) atoms. The summed E-state index contributed by atoms with van der Waals surface area (Å²) < 4.78 is 2.45. The molecular formula is C25H41N3O. The van der Waals surface area contributed by atoms with E-state index < -0.39 is 0 Å². The second-order valence-electron chi connectivity index (χ2n) is 8.20.